The molecule has 1 fully saturated rings. The highest BCUT2D eigenvalue weighted by Gasteiger charge is 2.25. The Hall–Kier alpha value is -3.49. The molecule has 29 heavy (non-hydrogen) atoms. The molecule has 0 spiro atoms. The number of urea groups is 1. The Morgan fingerprint density at radius 2 is 1.79 bits per heavy atom. The van der Waals surface area contributed by atoms with Crippen molar-refractivity contribution in [3.05, 3.63) is 60.4 Å². The smallest absolute Gasteiger partial charge is 0.322 e. The summed E-state index contributed by atoms with van der Waals surface area (Å²) in [5, 5.41) is 10.6. The second-order valence-electron chi connectivity index (χ2n) is 6.82. The van der Waals surface area contributed by atoms with Gasteiger partial charge in [0.15, 0.2) is 0 Å². The topological polar surface area (TPSA) is 66.3 Å². The Labute approximate surface area is 166 Å². The fourth-order valence-electron chi connectivity index (χ4n) is 3.40. The molecule has 1 aromatic heterocycles. The normalized spacial score (nSPS) is 14.2. The van der Waals surface area contributed by atoms with Crippen LogP contribution in [0.4, 0.5) is 25.2 Å². The summed E-state index contributed by atoms with van der Waals surface area (Å²) in [4.78, 5) is 16.4. The first-order chi connectivity index (χ1) is 14.0. The molecule has 0 atom stereocenters. The van der Waals surface area contributed by atoms with Crippen LogP contribution < -0.4 is 10.2 Å². The van der Waals surface area contributed by atoms with E-state index in [0.717, 1.165) is 12.0 Å². The fourth-order valence-corrected chi connectivity index (χ4v) is 3.40. The summed E-state index contributed by atoms with van der Waals surface area (Å²) < 4.78 is 30.1. The van der Waals surface area contributed by atoms with Crippen molar-refractivity contribution in [2.24, 2.45) is 7.05 Å². The predicted octanol–water partition coefficient (Wildman–Crippen LogP) is 3.11. The van der Waals surface area contributed by atoms with Gasteiger partial charge in [0, 0.05) is 44.9 Å². The van der Waals surface area contributed by atoms with E-state index in [9.17, 15) is 13.6 Å². The maximum atomic E-state index is 14.5. The number of nitrogens with one attached hydrogen (secondary N) is 1. The number of amides is 2. The molecule has 2 aromatic carbocycles. The molecule has 0 radical (unpaired) electrons. The first-order valence-corrected chi connectivity index (χ1v) is 9.22. The summed E-state index contributed by atoms with van der Waals surface area (Å²) in [5.41, 5.74) is 0.890. The van der Waals surface area contributed by atoms with E-state index in [2.05, 4.69) is 15.5 Å². The van der Waals surface area contributed by atoms with Crippen LogP contribution in [0.2, 0.25) is 0 Å². The molecular weight excluding hydrogens is 378 g/mol. The molecule has 2 heterocycles. The van der Waals surface area contributed by atoms with Crippen LogP contribution in [0.5, 0.6) is 0 Å². The number of hydrogen-bond acceptors (Lipinski definition) is 4. The highest BCUT2D eigenvalue weighted by atomic mass is 19.1. The van der Waals surface area contributed by atoms with Gasteiger partial charge in [-0.15, -0.1) is 10.2 Å². The van der Waals surface area contributed by atoms with Gasteiger partial charge < -0.3 is 19.7 Å². The first-order valence-electron chi connectivity index (χ1n) is 9.22. The van der Waals surface area contributed by atoms with Gasteiger partial charge in [-0.3, -0.25) is 0 Å². The summed E-state index contributed by atoms with van der Waals surface area (Å²) in [6.07, 6.45) is 1.62. The van der Waals surface area contributed by atoms with E-state index >= 15 is 0 Å². The lowest BCUT2D eigenvalue weighted by molar-refractivity contribution is 0.207. The number of rotatable bonds is 3. The third-order valence-electron chi connectivity index (χ3n) is 4.91. The van der Waals surface area contributed by atoms with Gasteiger partial charge in [-0.1, -0.05) is 30.3 Å². The van der Waals surface area contributed by atoms with E-state index < -0.39 is 17.7 Å². The number of hydrogen-bond donors (Lipinski definition) is 1. The van der Waals surface area contributed by atoms with Gasteiger partial charge >= 0.3 is 6.03 Å². The molecule has 9 heteroatoms. The molecule has 3 aromatic rings. The summed E-state index contributed by atoms with van der Waals surface area (Å²) >= 11 is 0. The van der Waals surface area contributed by atoms with Crippen molar-refractivity contribution in [3.8, 4) is 11.1 Å². The van der Waals surface area contributed by atoms with Crippen LogP contribution in [0.15, 0.2) is 48.8 Å². The van der Waals surface area contributed by atoms with Crippen LogP contribution >= 0.6 is 0 Å². The van der Waals surface area contributed by atoms with Gasteiger partial charge in [-0.25, -0.2) is 13.6 Å². The van der Waals surface area contributed by atoms with Crippen molar-refractivity contribution in [1.29, 1.82) is 0 Å². The maximum Gasteiger partial charge on any atom is 0.322 e. The van der Waals surface area contributed by atoms with Gasteiger partial charge in [0.05, 0.1) is 5.69 Å². The van der Waals surface area contributed by atoms with E-state index in [1.54, 1.807) is 35.5 Å². The number of halogens is 2. The number of carbonyl (C=O) groups excluding carboxylic acids is 1. The molecule has 1 aliphatic rings. The van der Waals surface area contributed by atoms with E-state index in [-0.39, 0.29) is 5.69 Å². The van der Waals surface area contributed by atoms with Crippen molar-refractivity contribution < 1.29 is 13.6 Å². The Balaban J connectivity index is 1.50. The lowest BCUT2D eigenvalue weighted by atomic mass is 10.0. The minimum atomic E-state index is -0.810. The second-order valence-corrected chi connectivity index (χ2v) is 6.82. The first kappa shape index (κ1) is 18.9. The zero-order chi connectivity index (χ0) is 20.4. The second kappa shape index (κ2) is 7.86. The van der Waals surface area contributed by atoms with Crippen molar-refractivity contribution in [2.45, 2.75) is 0 Å². The molecule has 1 aliphatic heterocycles. The molecular formula is C20H20F2N6O. The number of anilines is 2. The molecule has 0 unspecified atom stereocenters. The lowest BCUT2D eigenvalue weighted by Gasteiger charge is -2.35. The minimum absolute atomic E-state index is 0.0293. The van der Waals surface area contributed by atoms with E-state index in [1.165, 1.54) is 6.07 Å². The number of nitrogens with zero attached hydrogens (tertiary/aromatic N) is 5. The third-order valence-corrected chi connectivity index (χ3v) is 4.91. The number of carbonyl (C=O) groups is 1. The van der Waals surface area contributed by atoms with E-state index in [0.29, 0.717) is 37.3 Å². The highest BCUT2D eigenvalue weighted by Crippen LogP contribution is 2.31. The van der Waals surface area contributed by atoms with Crippen molar-refractivity contribution >= 4 is 17.7 Å². The molecule has 1 N–H and O–H groups in total. The summed E-state index contributed by atoms with van der Waals surface area (Å²) in [5.74, 6) is -0.771. The fraction of sp³-hybridized carbons (Fsp3) is 0.250. The molecule has 7 nitrogen and oxygen atoms in total. The highest BCUT2D eigenvalue weighted by molar-refractivity contribution is 5.94. The van der Waals surface area contributed by atoms with Crippen molar-refractivity contribution in [2.75, 3.05) is 36.4 Å². The minimum Gasteiger partial charge on any atom is -0.337 e. The quantitative estimate of drug-likeness (QED) is 0.736. The lowest BCUT2D eigenvalue weighted by Crippen LogP contribution is -2.50. The van der Waals surface area contributed by atoms with Gasteiger partial charge in [0.1, 0.15) is 18.0 Å². The van der Waals surface area contributed by atoms with Crippen molar-refractivity contribution in [1.82, 2.24) is 19.7 Å². The van der Waals surface area contributed by atoms with Crippen LogP contribution in [-0.4, -0.2) is 51.9 Å². The zero-order valence-corrected chi connectivity index (χ0v) is 15.8. The molecule has 150 valence electrons. The van der Waals surface area contributed by atoms with Gasteiger partial charge in [0.25, 0.3) is 0 Å². The van der Waals surface area contributed by atoms with Crippen LogP contribution in [-0.2, 0) is 7.05 Å². The van der Waals surface area contributed by atoms with Crippen LogP contribution in [0.1, 0.15) is 0 Å². The summed E-state index contributed by atoms with van der Waals surface area (Å²) in [7, 11) is 1.86. The average Bonchev–Trinajstić information content (AvgIpc) is 3.16. The molecule has 2 amide bonds. The number of piperazine rings is 1. The van der Waals surface area contributed by atoms with E-state index in [1.807, 2.05) is 22.6 Å². The molecule has 0 aliphatic carbocycles. The largest absolute Gasteiger partial charge is 0.337 e. The standard InChI is InChI=1S/C20H20F2N6O/c1-26-13-23-25-19(26)27-7-9-28(10-8-27)20(29)24-18-16(11-15(21)12-17(18)22)14-5-3-2-4-6-14/h2-6,11-13H,7-10H2,1H3,(H,24,29). The monoisotopic (exact) mass is 398 g/mol. The van der Waals surface area contributed by atoms with Crippen LogP contribution in [0.3, 0.4) is 0 Å². The van der Waals surface area contributed by atoms with Crippen LogP contribution in [0.25, 0.3) is 11.1 Å². The number of aromatic nitrogens is 3. The Morgan fingerprint density at radius 1 is 1.07 bits per heavy atom. The Morgan fingerprint density at radius 3 is 2.45 bits per heavy atom. The Kier molecular flexibility index (Phi) is 5.11. The maximum absolute atomic E-state index is 14.5. The van der Waals surface area contributed by atoms with Gasteiger partial charge in [0.2, 0.25) is 5.95 Å². The average molecular weight is 398 g/mol. The number of aryl methyl sites for hydroxylation is 1. The zero-order valence-electron chi connectivity index (χ0n) is 15.8. The molecule has 0 saturated carbocycles. The molecule has 0 bridgehead atoms. The Bertz CT molecular complexity index is 1020. The SMILES string of the molecule is Cn1cnnc1N1CCN(C(=O)Nc2c(F)cc(F)cc2-c2ccccc2)CC1. The summed E-state index contributed by atoms with van der Waals surface area (Å²) in [6.45, 7) is 2.05. The van der Waals surface area contributed by atoms with Gasteiger partial charge in [-0.05, 0) is 11.6 Å². The van der Waals surface area contributed by atoms with Crippen molar-refractivity contribution in [3.63, 3.8) is 0 Å². The van der Waals surface area contributed by atoms with E-state index in [4.69, 9.17) is 0 Å². The molecule has 4 rings (SSSR count). The predicted molar refractivity (Wildman–Crippen MR) is 106 cm³/mol. The number of benzene rings is 2. The van der Waals surface area contributed by atoms with Gasteiger partial charge in [-0.2, -0.15) is 0 Å². The third kappa shape index (κ3) is 3.89. The van der Waals surface area contributed by atoms with Crippen LogP contribution in [0, 0.1) is 11.6 Å². The molecule has 1 saturated heterocycles. The summed E-state index contributed by atoms with van der Waals surface area (Å²) in [6, 6.07) is 10.4.